The van der Waals surface area contributed by atoms with Crippen molar-refractivity contribution in [3.05, 3.63) is 29.6 Å². The first-order chi connectivity index (χ1) is 7.04. The van der Waals surface area contributed by atoms with Gasteiger partial charge in [-0.2, -0.15) is 0 Å². The summed E-state index contributed by atoms with van der Waals surface area (Å²) in [6, 6.07) is 4.01. The fourth-order valence-electron chi connectivity index (χ4n) is 1.34. The van der Waals surface area contributed by atoms with Gasteiger partial charge in [0.25, 0.3) is 0 Å². The molecule has 1 aromatic rings. The van der Waals surface area contributed by atoms with Crippen molar-refractivity contribution < 1.29 is 13.9 Å². The second kappa shape index (κ2) is 4.89. The number of hydrogen-bond donors (Lipinski definition) is 1. The lowest BCUT2D eigenvalue weighted by atomic mass is 10.0. The molecule has 0 fully saturated rings. The van der Waals surface area contributed by atoms with Gasteiger partial charge in [-0.05, 0) is 24.6 Å². The van der Waals surface area contributed by atoms with Crippen LogP contribution in [0.3, 0.4) is 0 Å². The van der Waals surface area contributed by atoms with E-state index in [-0.39, 0.29) is 18.0 Å². The third-order valence-corrected chi connectivity index (χ3v) is 2.11. The number of carbonyl (C=O) groups excluding carboxylic acids is 1. The summed E-state index contributed by atoms with van der Waals surface area (Å²) in [5, 5.41) is 0. The highest BCUT2D eigenvalue weighted by Gasteiger charge is 2.11. The molecule has 1 unspecified atom stereocenters. The van der Waals surface area contributed by atoms with Gasteiger partial charge in [0.1, 0.15) is 5.78 Å². The van der Waals surface area contributed by atoms with E-state index in [9.17, 15) is 9.18 Å². The molecule has 0 heterocycles. The van der Waals surface area contributed by atoms with Gasteiger partial charge in [0.05, 0.1) is 7.11 Å². The van der Waals surface area contributed by atoms with Gasteiger partial charge >= 0.3 is 0 Å². The number of halogens is 1. The van der Waals surface area contributed by atoms with Crippen molar-refractivity contribution >= 4 is 5.78 Å². The monoisotopic (exact) mass is 211 g/mol. The van der Waals surface area contributed by atoms with Gasteiger partial charge in [0.2, 0.25) is 0 Å². The third-order valence-electron chi connectivity index (χ3n) is 2.11. The zero-order chi connectivity index (χ0) is 11.4. The largest absolute Gasteiger partial charge is 0.494 e. The molecule has 0 saturated heterocycles. The molecule has 0 saturated carbocycles. The Hall–Kier alpha value is -1.42. The summed E-state index contributed by atoms with van der Waals surface area (Å²) < 4.78 is 18.1. The molecule has 1 aromatic carbocycles. The molecule has 0 radical (unpaired) electrons. The number of nitrogens with two attached hydrogens (primary N) is 1. The predicted octanol–water partition coefficient (Wildman–Crippen LogP) is 1.81. The standard InChI is InChI=1S/C11H14FNO2/c1-7(14)5-10(13)8-3-4-11(15-2)9(12)6-8/h3-4,6,10H,5,13H2,1-2H3. The Morgan fingerprint density at radius 2 is 2.27 bits per heavy atom. The summed E-state index contributed by atoms with van der Waals surface area (Å²) in [7, 11) is 1.40. The second-order valence-corrected chi connectivity index (χ2v) is 3.41. The maximum atomic E-state index is 13.3. The Kier molecular flexibility index (Phi) is 3.80. The van der Waals surface area contributed by atoms with E-state index in [1.54, 1.807) is 6.07 Å². The van der Waals surface area contributed by atoms with Gasteiger partial charge in [-0.15, -0.1) is 0 Å². The van der Waals surface area contributed by atoms with Crippen molar-refractivity contribution in [3.8, 4) is 5.75 Å². The molecule has 0 bridgehead atoms. The number of rotatable bonds is 4. The number of hydrogen-bond acceptors (Lipinski definition) is 3. The van der Waals surface area contributed by atoms with Gasteiger partial charge in [-0.25, -0.2) is 4.39 Å². The first-order valence-corrected chi connectivity index (χ1v) is 4.63. The number of carbonyl (C=O) groups is 1. The molecule has 3 nitrogen and oxygen atoms in total. The van der Waals surface area contributed by atoms with Gasteiger partial charge in [-0.1, -0.05) is 6.07 Å². The van der Waals surface area contributed by atoms with E-state index in [0.717, 1.165) is 0 Å². The van der Waals surface area contributed by atoms with Gasteiger partial charge < -0.3 is 10.5 Å². The molecule has 4 heteroatoms. The van der Waals surface area contributed by atoms with E-state index in [1.807, 2.05) is 0 Å². The highest BCUT2D eigenvalue weighted by Crippen LogP contribution is 2.22. The van der Waals surface area contributed by atoms with Crippen LogP contribution in [0.1, 0.15) is 24.9 Å². The SMILES string of the molecule is COc1ccc(C(N)CC(C)=O)cc1F. The Bertz CT molecular complexity index is 366. The molecule has 0 aliphatic rings. The lowest BCUT2D eigenvalue weighted by Crippen LogP contribution is -2.14. The predicted molar refractivity (Wildman–Crippen MR) is 55.2 cm³/mol. The van der Waals surface area contributed by atoms with E-state index >= 15 is 0 Å². The summed E-state index contributed by atoms with van der Waals surface area (Å²) >= 11 is 0. The highest BCUT2D eigenvalue weighted by atomic mass is 19.1. The van der Waals surface area contributed by atoms with Crippen LogP contribution in [0.5, 0.6) is 5.75 Å². The first kappa shape index (κ1) is 11.7. The minimum absolute atomic E-state index is 0.0151. The van der Waals surface area contributed by atoms with E-state index in [2.05, 4.69) is 0 Å². The molecule has 15 heavy (non-hydrogen) atoms. The Morgan fingerprint density at radius 1 is 1.60 bits per heavy atom. The second-order valence-electron chi connectivity index (χ2n) is 3.41. The van der Waals surface area contributed by atoms with Gasteiger partial charge in [-0.3, -0.25) is 4.79 Å². The normalized spacial score (nSPS) is 12.3. The number of ether oxygens (including phenoxy) is 1. The molecular weight excluding hydrogens is 197 g/mol. The van der Waals surface area contributed by atoms with Gasteiger partial charge in [0, 0.05) is 12.5 Å². The maximum Gasteiger partial charge on any atom is 0.165 e. The average Bonchev–Trinajstić information content (AvgIpc) is 2.16. The Labute approximate surface area is 88.0 Å². The van der Waals surface area contributed by atoms with Crippen LogP contribution in [-0.4, -0.2) is 12.9 Å². The first-order valence-electron chi connectivity index (χ1n) is 4.63. The lowest BCUT2D eigenvalue weighted by Gasteiger charge is -2.11. The van der Waals surface area contributed by atoms with E-state index in [4.69, 9.17) is 10.5 Å². The van der Waals surface area contributed by atoms with Crippen molar-refractivity contribution in [2.45, 2.75) is 19.4 Å². The zero-order valence-electron chi connectivity index (χ0n) is 8.79. The molecule has 1 atom stereocenters. The summed E-state index contributed by atoms with van der Waals surface area (Å²) in [6.45, 7) is 1.46. The van der Waals surface area contributed by atoms with Crippen molar-refractivity contribution in [3.63, 3.8) is 0 Å². The van der Waals surface area contributed by atoms with Crippen LogP contribution in [0.2, 0.25) is 0 Å². The molecule has 0 spiro atoms. The molecule has 0 aromatic heterocycles. The molecular formula is C11H14FNO2. The molecule has 2 N–H and O–H groups in total. The average molecular weight is 211 g/mol. The topological polar surface area (TPSA) is 52.3 Å². The maximum absolute atomic E-state index is 13.3. The molecule has 0 amide bonds. The fraction of sp³-hybridized carbons (Fsp3) is 0.364. The summed E-state index contributed by atoms with van der Waals surface area (Å²) in [5.74, 6) is -0.304. The summed E-state index contributed by atoms with van der Waals surface area (Å²) in [5.41, 5.74) is 6.33. The molecule has 1 rings (SSSR count). The highest BCUT2D eigenvalue weighted by molar-refractivity contribution is 5.76. The van der Waals surface area contributed by atoms with E-state index < -0.39 is 11.9 Å². The van der Waals surface area contributed by atoms with E-state index in [0.29, 0.717) is 5.56 Å². The zero-order valence-corrected chi connectivity index (χ0v) is 8.79. The van der Waals surface area contributed by atoms with Crippen molar-refractivity contribution in [2.24, 2.45) is 5.73 Å². The van der Waals surface area contributed by atoms with Crippen LogP contribution in [0, 0.1) is 5.82 Å². The van der Waals surface area contributed by atoms with Gasteiger partial charge in [0.15, 0.2) is 11.6 Å². The number of ketones is 1. The van der Waals surface area contributed by atoms with Crippen molar-refractivity contribution in [2.75, 3.05) is 7.11 Å². The lowest BCUT2D eigenvalue weighted by molar-refractivity contribution is -0.117. The fourth-order valence-corrected chi connectivity index (χ4v) is 1.34. The third kappa shape index (κ3) is 3.02. The van der Waals surface area contributed by atoms with Crippen LogP contribution >= 0.6 is 0 Å². The minimum Gasteiger partial charge on any atom is -0.494 e. The minimum atomic E-state index is -0.464. The quantitative estimate of drug-likeness (QED) is 0.826. The summed E-state index contributed by atoms with van der Waals surface area (Å²) in [4.78, 5) is 10.8. The van der Waals surface area contributed by atoms with Crippen LogP contribution in [0.15, 0.2) is 18.2 Å². The smallest absolute Gasteiger partial charge is 0.165 e. The number of methoxy groups -OCH3 is 1. The van der Waals surface area contributed by atoms with Crippen LogP contribution in [0.4, 0.5) is 4.39 Å². The molecule has 0 aliphatic carbocycles. The molecule has 82 valence electrons. The summed E-state index contributed by atoms with van der Waals surface area (Å²) in [6.07, 6.45) is 0.214. The Balaban J connectivity index is 2.87. The number of Topliss-reactive ketones (excluding diaryl/α,β-unsaturated/α-hetero) is 1. The van der Waals surface area contributed by atoms with Crippen LogP contribution < -0.4 is 10.5 Å². The van der Waals surface area contributed by atoms with Crippen LogP contribution in [0.25, 0.3) is 0 Å². The van der Waals surface area contributed by atoms with Crippen molar-refractivity contribution in [1.82, 2.24) is 0 Å². The van der Waals surface area contributed by atoms with Crippen LogP contribution in [-0.2, 0) is 4.79 Å². The van der Waals surface area contributed by atoms with E-state index in [1.165, 1.54) is 26.2 Å². The number of benzene rings is 1. The Morgan fingerprint density at radius 3 is 2.73 bits per heavy atom. The van der Waals surface area contributed by atoms with Crippen molar-refractivity contribution in [1.29, 1.82) is 0 Å². The molecule has 0 aliphatic heterocycles.